The maximum atomic E-state index is 13.9. The van der Waals surface area contributed by atoms with Crippen LogP contribution in [0.1, 0.15) is 6.42 Å². The van der Waals surface area contributed by atoms with Crippen LogP contribution in [-0.2, 0) is 0 Å². The van der Waals surface area contributed by atoms with Crippen molar-refractivity contribution in [3.8, 4) is 11.5 Å². The summed E-state index contributed by atoms with van der Waals surface area (Å²) < 4.78 is 19.4. The molecule has 1 aliphatic heterocycles. The zero-order valence-corrected chi connectivity index (χ0v) is 14.8. The molecule has 0 saturated carbocycles. The van der Waals surface area contributed by atoms with Crippen LogP contribution < -0.4 is 15.8 Å². The average molecular weight is 359 g/mol. The van der Waals surface area contributed by atoms with Crippen LogP contribution in [0.5, 0.6) is 11.5 Å². The Morgan fingerprint density at radius 3 is 2.88 bits per heavy atom. The topological polar surface area (TPSA) is 83.7 Å². The molecule has 0 radical (unpaired) electrons. The molecular weight excluding hydrogens is 337 g/mol. The number of nitrogen functional groups attached to an aromatic ring is 1. The first-order valence-electron chi connectivity index (χ1n) is 8.33. The zero-order chi connectivity index (χ0) is 18.7. The van der Waals surface area contributed by atoms with Crippen molar-refractivity contribution in [1.29, 1.82) is 0 Å². The highest BCUT2D eigenvalue weighted by molar-refractivity contribution is 5.88. The molecule has 1 aliphatic rings. The van der Waals surface area contributed by atoms with Crippen LogP contribution in [0.15, 0.2) is 36.5 Å². The smallest absolute Gasteiger partial charge is 0.323 e. The van der Waals surface area contributed by atoms with Crippen molar-refractivity contribution in [3.05, 3.63) is 42.3 Å². The number of likely N-dealkylation sites (N-methyl/N-ethyl adjacent to an activating group) is 1. The number of anilines is 2. The lowest BCUT2D eigenvalue weighted by molar-refractivity contribution is 0.216. The van der Waals surface area contributed by atoms with Gasteiger partial charge in [0.15, 0.2) is 11.6 Å². The van der Waals surface area contributed by atoms with Gasteiger partial charge in [-0.25, -0.2) is 14.2 Å². The number of likely N-dealkylation sites (tertiary alicyclic amines) is 1. The number of hydrogen-bond acceptors (Lipinski definition) is 5. The molecule has 1 atom stereocenters. The summed E-state index contributed by atoms with van der Waals surface area (Å²) in [5.74, 6) is 0.207. The van der Waals surface area contributed by atoms with Crippen molar-refractivity contribution in [2.75, 3.05) is 38.2 Å². The molecule has 7 nitrogen and oxygen atoms in total. The fraction of sp³-hybridized carbons (Fsp3) is 0.333. The Morgan fingerprint density at radius 1 is 1.38 bits per heavy atom. The predicted molar refractivity (Wildman–Crippen MR) is 97.8 cm³/mol. The molecule has 3 N–H and O–H groups in total. The van der Waals surface area contributed by atoms with E-state index in [1.165, 1.54) is 18.3 Å². The average Bonchev–Trinajstić information content (AvgIpc) is 3.08. The lowest BCUT2D eigenvalue weighted by atomic mass is 10.2. The Kier molecular flexibility index (Phi) is 5.22. The Hall–Kier alpha value is -2.87. The standard InChI is InChI=1S/C18H22FN5O2/c1-23(2)13-6-8-24(11-13)18(25)22-17-10-14(5-7-21-17)26-16-4-3-12(20)9-15(16)19/h3-5,7,9-10,13H,6,8,11,20H2,1-2H3,(H,21,22,25)/t13-/m0/s1. The molecule has 2 amide bonds. The van der Waals surface area contributed by atoms with E-state index >= 15 is 0 Å². The zero-order valence-electron chi connectivity index (χ0n) is 14.8. The van der Waals surface area contributed by atoms with E-state index in [1.807, 2.05) is 14.1 Å². The van der Waals surface area contributed by atoms with Gasteiger partial charge in [-0.2, -0.15) is 0 Å². The van der Waals surface area contributed by atoms with Crippen LogP contribution in [0.4, 0.5) is 20.7 Å². The van der Waals surface area contributed by atoms with Crippen LogP contribution in [0.3, 0.4) is 0 Å². The lowest BCUT2D eigenvalue weighted by Crippen LogP contribution is -2.37. The minimum atomic E-state index is -0.556. The quantitative estimate of drug-likeness (QED) is 0.820. The Balaban J connectivity index is 1.65. The molecule has 26 heavy (non-hydrogen) atoms. The van der Waals surface area contributed by atoms with Crippen molar-refractivity contribution in [2.24, 2.45) is 0 Å². The number of nitrogens with zero attached hydrogens (tertiary/aromatic N) is 3. The van der Waals surface area contributed by atoms with E-state index in [0.29, 0.717) is 36.4 Å². The minimum absolute atomic E-state index is 0.0519. The summed E-state index contributed by atoms with van der Waals surface area (Å²) >= 11 is 0. The molecule has 2 heterocycles. The number of halogens is 1. The van der Waals surface area contributed by atoms with Crippen molar-refractivity contribution in [3.63, 3.8) is 0 Å². The van der Waals surface area contributed by atoms with Gasteiger partial charge in [0.25, 0.3) is 0 Å². The molecule has 0 bridgehead atoms. The highest BCUT2D eigenvalue weighted by atomic mass is 19.1. The first kappa shape index (κ1) is 17.9. The SMILES string of the molecule is CN(C)[C@H]1CCN(C(=O)Nc2cc(Oc3ccc(N)cc3F)ccn2)C1. The number of carbonyl (C=O) groups is 1. The van der Waals surface area contributed by atoms with Crippen LogP contribution in [-0.4, -0.2) is 54.0 Å². The molecule has 8 heteroatoms. The summed E-state index contributed by atoms with van der Waals surface area (Å²) in [4.78, 5) is 20.4. The first-order valence-corrected chi connectivity index (χ1v) is 8.33. The fourth-order valence-corrected chi connectivity index (χ4v) is 2.81. The number of nitrogens with one attached hydrogen (secondary N) is 1. The number of amides is 2. The number of urea groups is 1. The Bertz CT molecular complexity index is 799. The van der Waals surface area contributed by atoms with E-state index in [2.05, 4.69) is 15.2 Å². The number of hydrogen-bond donors (Lipinski definition) is 2. The Morgan fingerprint density at radius 2 is 2.19 bits per heavy atom. The van der Waals surface area contributed by atoms with E-state index < -0.39 is 5.82 Å². The number of benzene rings is 1. The second-order valence-corrected chi connectivity index (χ2v) is 6.45. The molecule has 1 aromatic carbocycles. The summed E-state index contributed by atoms with van der Waals surface area (Å²) in [5.41, 5.74) is 5.85. The van der Waals surface area contributed by atoms with Gasteiger partial charge in [-0.15, -0.1) is 0 Å². The van der Waals surface area contributed by atoms with Crippen molar-refractivity contribution < 1.29 is 13.9 Å². The van der Waals surface area contributed by atoms with Crippen molar-refractivity contribution >= 4 is 17.5 Å². The molecule has 1 saturated heterocycles. The van der Waals surface area contributed by atoms with Gasteiger partial charge in [0, 0.05) is 43.1 Å². The minimum Gasteiger partial charge on any atom is -0.454 e. The second kappa shape index (κ2) is 7.57. The third kappa shape index (κ3) is 4.20. The number of carbonyl (C=O) groups excluding carboxylic acids is 1. The summed E-state index contributed by atoms with van der Waals surface area (Å²) in [6.45, 7) is 1.37. The maximum Gasteiger partial charge on any atom is 0.323 e. The van der Waals surface area contributed by atoms with Gasteiger partial charge in [-0.3, -0.25) is 5.32 Å². The van der Waals surface area contributed by atoms with Crippen molar-refractivity contribution in [2.45, 2.75) is 12.5 Å². The number of aromatic nitrogens is 1. The molecule has 138 valence electrons. The fourth-order valence-electron chi connectivity index (χ4n) is 2.81. The lowest BCUT2D eigenvalue weighted by Gasteiger charge is -2.20. The summed E-state index contributed by atoms with van der Waals surface area (Å²) in [6, 6.07) is 7.48. The second-order valence-electron chi connectivity index (χ2n) is 6.45. The first-order chi connectivity index (χ1) is 12.4. The molecule has 1 aromatic heterocycles. The van der Waals surface area contributed by atoms with Crippen LogP contribution in [0, 0.1) is 5.82 Å². The molecule has 0 spiro atoms. The molecule has 0 unspecified atom stereocenters. The number of pyridine rings is 1. The van der Waals surface area contributed by atoms with Crippen molar-refractivity contribution in [1.82, 2.24) is 14.8 Å². The van der Waals surface area contributed by atoms with Crippen LogP contribution in [0.2, 0.25) is 0 Å². The highest BCUT2D eigenvalue weighted by Gasteiger charge is 2.27. The molecular formula is C18H22FN5O2. The summed E-state index contributed by atoms with van der Waals surface area (Å²) in [7, 11) is 4.01. The molecule has 2 aromatic rings. The van der Waals surface area contributed by atoms with Gasteiger partial charge < -0.3 is 20.3 Å². The number of nitrogens with two attached hydrogens (primary N) is 1. The van der Waals surface area contributed by atoms with E-state index in [0.717, 1.165) is 6.42 Å². The summed E-state index contributed by atoms with van der Waals surface area (Å²) in [5, 5.41) is 2.76. The van der Waals surface area contributed by atoms with Gasteiger partial charge >= 0.3 is 6.03 Å². The van der Waals surface area contributed by atoms with Gasteiger partial charge in [-0.1, -0.05) is 0 Å². The maximum absolute atomic E-state index is 13.9. The Labute approximate surface area is 151 Å². The molecule has 1 fully saturated rings. The van der Waals surface area contributed by atoms with Crippen LogP contribution in [0.25, 0.3) is 0 Å². The van der Waals surface area contributed by atoms with E-state index in [4.69, 9.17) is 10.5 Å². The van der Waals surface area contributed by atoms with E-state index in [9.17, 15) is 9.18 Å². The third-order valence-electron chi connectivity index (χ3n) is 4.33. The predicted octanol–water partition coefficient (Wildman–Crippen LogP) is 2.76. The van der Waals surface area contributed by atoms with E-state index in [1.54, 1.807) is 23.1 Å². The normalized spacial score (nSPS) is 16.8. The molecule has 0 aliphatic carbocycles. The van der Waals surface area contributed by atoms with Gasteiger partial charge in [0.2, 0.25) is 0 Å². The summed E-state index contributed by atoms with van der Waals surface area (Å²) in [6.07, 6.45) is 2.43. The number of rotatable bonds is 4. The third-order valence-corrected chi connectivity index (χ3v) is 4.33. The van der Waals surface area contributed by atoms with Gasteiger partial charge in [0.1, 0.15) is 11.6 Å². The monoisotopic (exact) mass is 359 g/mol. The molecule has 3 rings (SSSR count). The number of ether oxygens (including phenoxy) is 1. The highest BCUT2D eigenvalue weighted by Crippen LogP contribution is 2.27. The van der Waals surface area contributed by atoms with Gasteiger partial charge in [0.05, 0.1) is 0 Å². The van der Waals surface area contributed by atoms with Crippen LogP contribution >= 0.6 is 0 Å². The van der Waals surface area contributed by atoms with E-state index in [-0.39, 0.29) is 11.8 Å². The van der Waals surface area contributed by atoms with Gasteiger partial charge in [-0.05, 0) is 38.7 Å². The largest absolute Gasteiger partial charge is 0.454 e.